The fourth-order valence-corrected chi connectivity index (χ4v) is 2.49. The number of rotatable bonds is 6. The maximum atomic E-state index is 9.11. The van der Waals surface area contributed by atoms with Gasteiger partial charge in [0.1, 0.15) is 0 Å². The Hall–Kier alpha value is -0.860. The number of hydrogen-bond donors (Lipinski definition) is 2. The van der Waals surface area contributed by atoms with Crippen LogP contribution >= 0.6 is 0 Å². The van der Waals surface area contributed by atoms with Crippen molar-refractivity contribution in [3.05, 3.63) is 34.9 Å². The van der Waals surface area contributed by atoms with Gasteiger partial charge in [-0.15, -0.1) is 0 Å². The molecule has 0 saturated carbocycles. The molecule has 0 aliphatic heterocycles. The summed E-state index contributed by atoms with van der Waals surface area (Å²) >= 11 is 0. The number of fused-ring (bicyclic) bond motifs is 1. The Bertz CT molecular complexity index is 358. The van der Waals surface area contributed by atoms with Crippen LogP contribution in [-0.4, -0.2) is 18.3 Å². The first kappa shape index (κ1) is 12.6. The molecule has 0 spiro atoms. The van der Waals surface area contributed by atoms with Gasteiger partial charge in [0.2, 0.25) is 0 Å². The normalized spacial score (nSPS) is 15.9. The first-order chi connectivity index (χ1) is 8.33. The molecule has 0 heterocycles. The molecular formula is C15H23NO. The summed E-state index contributed by atoms with van der Waals surface area (Å²) in [5.74, 6) is 0.393. The Balaban J connectivity index is 1.83. The molecular weight excluding hydrogens is 210 g/mol. The molecule has 2 rings (SSSR count). The van der Waals surface area contributed by atoms with Crippen molar-refractivity contribution in [1.29, 1.82) is 0 Å². The van der Waals surface area contributed by atoms with E-state index < -0.39 is 0 Å². The van der Waals surface area contributed by atoms with Crippen LogP contribution in [0.4, 0.5) is 0 Å². The summed E-state index contributed by atoms with van der Waals surface area (Å²) in [6, 6.07) is 6.86. The minimum Gasteiger partial charge on any atom is -0.396 e. The van der Waals surface area contributed by atoms with Crippen LogP contribution in [0.3, 0.4) is 0 Å². The second-order valence-electron chi connectivity index (χ2n) is 5.04. The average Bonchev–Trinajstić information content (AvgIpc) is 2.82. The lowest BCUT2D eigenvalue weighted by atomic mass is 10.1. The van der Waals surface area contributed by atoms with Gasteiger partial charge < -0.3 is 10.4 Å². The summed E-state index contributed by atoms with van der Waals surface area (Å²) in [6.45, 7) is 4.24. The van der Waals surface area contributed by atoms with E-state index in [0.717, 1.165) is 19.5 Å². The summed E-state index contributed by atoms with van der Waals surface area (Å²) in [5.41, 5.74) is 4.45. The predicted molar refractivity (Wildman–Crippen MR) is 71.0 cm³/mol. The Labute approximate surface area is 104 Å². The molecule has 0 aromatic heterocycles. The van der Waals surface area contributed by atoms with Gasteiger partial charge in [0.15, 0.2) is 0 Å². The van der Waals surface area contributed by atoms with Crippen molar-refractivity contribution < 1.29 is 5.11 Å². The zero-order valence-corrected chi connectivity index (χ0v) is 10.7. The van der Waals surface area contributed by atoms with E-state index in [0.29, 0.717) is 5.92 Å². The lowest BCUT2D eigenvalue weighted by molar-refractivity contribution is 0.218. The largest absolute Gasteiger partial charge is 0.396 e. The van der Waals surface area contributed by atoms with Crippen molar-refractivity contribution in [2.75, 3.05) is 13.2 Å². The fraction of sp³-hybridized carbons (Fsp3) is 0.600. The second kappa shape index (κ2) is 6.18. The SMILES string of the molecule is CCC(CO)CNCc1ccc2c(c1)CCC2. The lowest BCUT2D eigenvalue weighted by Crippen LogP contribution is -2.24. The lowest BCUT2D eigenvalue weighted by Gasteiger charge is -2.13. The molecule has 2 N–H and O–H groups in total. The van der Waals surface area contributed by atoms with Crippen molar-refractivity contribution in [2.24, 2.45) is 5.92 Å². The molecule has 17 heavy (non-hydrogen) atoms. The van der Waals surface area contributed by atoms with Gasteiger partial charge in [-0.1, -0.05) is 25.1 Å². The molecule has 1 aromatic rings. The molecule has 2 nitrogen and oxygen atoms in total. The number of benzene rings is 1. The zero-order valence-electron chi connectivity index (χ0n) is 10.7. The van der Waals surface area contributed by atoms with Crippen LogP contribution in [0.5, 0.6) is 0 Å². The monoisotopic (exact) mass is 233 g/mol. The van der Waals surface area contributed by atoms with E-state index >= 15 is 0 Å². The van der Waals surface area contributed by atoms with Gasteiger partial charge in [-0.25, -0.2) is 0 Å². The van der Waals surface area contributed by atoms with Crippen LogP contribution < -0.4 is 5.32 Å². The van der Waals surface area contributed by atoms with Crippen LogP contribution in [0, 0.1) is 5.92 Å². The first-order valence-corrected chi connectivity index (χ1v) is 6.75. The third kappa shape index (κ3) is 3.30. The first-order valence-electron chi connectivity index (χ1n) is 6.75. The highest BCUT2D eigenvalue weighted by Crippen LogP contribution is 2.22. The van der Waals surface area contributed by atoms with Gasteiger partial charge in [0.05, 0.1) is 0 Å². The van der Waals surface area contributed by atoms with Gasteiger partial charge in [-0.05, 0) is 48.3 Å². The number of aliphatic hydroxyl groups is 1. The molecule has 94 valence electrons. The Kier molecular flexibility index (Phi) is 4.57. The van der Waals surface area contributed by atoms with Crippen LogP contribution in [0.2, 0.25) is 0 Å². The highest BCUT2D eigenvalue weighted by Gasteiger charge is 2.10. The average molecular weight is 233 g/mol. The van der Waals surface area contributed by atoms with Crippen molar-refractivity contribution >= 4 is 0 Å². The molecule has 0 amide bonds. The van der Waals surface area contributed by atoms with E-state index in [2.05, 4.69) is 30.4 Å². The molecule has 0 radical (unpaired) electrons. The van der Waals surface area contributed by atoms with Crippen LogP contribution in [-0.2, 0) is 19.4 Å². The second-order valence-corrected chi connectivity index (χ2v) is 5.04. The van der Waals surface area contributed by atoms with Gasteiger partial charge >= 0.3 is 0 Å². The Morgan fingerprint density at radius 3 is 2.88 bits per heavy atom. The van der Waals surface area contributed by atoms with E-state index in [1.807, 2.05) is 0 Å². The van der Waals surface area contributed by atoms with E-state index in [1.165, 1.54) is 30.4 Å². The molecule has 0 fully saturated rings. The van der Waals surface area contributed by atoms with E-state index in [4.69, 9.17) is 5.11 Å². The molecule has 1 atom stereocenters. The quantitative estimate of drug-likeness (QED) is 0.790. The van der Waals surface area contributed by atoms with Crippen LogP contribution in [0.15, 0.2) is 18.2 Å². The number of nitrogens with one attached hydrogen (secondary N) is 1. The molecule has 1 aromatic carbocycles. The molecule has 0 bridgehead atoms. The zero-order chi connectivity index (χ0) is 12.1. The number of aryl methyl sites for hydroxylation is 2. The number of hydrogen-bond acceptors (Lipinski definition) is 2. The topological polar surface area (TPSA) is 32.3 Å². The fourth-order valence-electron chi connectivity index (χ4n) is 2.49. The van der Waals surface area contributed by atoms with Crippen LogP contribution in [0.25, 0.3) is 0 Å². The van der Waals surface area contributed by atoms with E-state index in [1.54, 1.807) is 5.56 Å². The highest BCUT2D eigenvalue weighted by atomic mass is 16.3. The summed E-state index contributed by atoms with van der Waals surface area (Å²) < 4.78 is 0. The summed E-state index contributed by atoms with van der Waals surface area (Å²) in [4.78, 5) is 0. The molecule has 1 unspecified atom stereocenters. The van der Waals surface area contributed by atoms with Crippen molar-refractivity contribution in [3.63, 3.8) is 0 Å². The molecule has 1 aliphatic carbocycles. The maximum Gasteiger partial charge on any atom is 0.0471 e. The smallest absolute Gasteiger partial charge is 0.0471 e. The maximum absolute atomic E-state index is 9.11. The van der Waals surface area contributed by atoms with Gasteiger partial charge in [0, 0.05) is 19.7 Å². The van der Waals surface area contributed by atoms with Crippen molar-refractivity contribution in [2.45, 2.75) is 39.2 Å². The van der Waals surface area contributed by atoms with Gasteiger partial charge in [0.25, 0.3) is 0 Å². The van der Waals surface area contributed by atoms with E-state index in [9.17, 15) is 0 Å². The highest BCUT2D eigenvalue weighted by molar-refractivity contribution is 5.35. The predicted octanol–water partition coefficient (Wildman–Crippen LogP) is 2.28. The third-order valence-electron chi connectivity index (χ3n) is 3.76. The Morgan fingerprint density at radius 2 is 2.12 bits per heavy atom. The minimum atomic E-state index is 0.285. The van der Waals surface area contributed by atoms with Gasteiger partial charge in [-0.3, -0.25) is 0 Å². The third-order valence-corrected chi connectivity index (χ3v) is 3.76. The van der Waals surface area contributed by atoms with E-state index in [-0.39, 0.29) is 6.61 Å². The minimum absolute atomic E-state index is 0.285. The number of aliphatic hydroxyl groups excluding tert-OH is 1. The standard InChI is InChI=1S/C15H23NO/c1-2-12(11-17)9-16-10-13-6-7-14-4-3-5-15(14)8-13/h6-8,12,16-17H,2-5,9-11H2,1H3. The molecule has 2 heteroatoms. The summed E-state index contributed by atoms with van der Waals surface area (Å²) in [6.07, 6.45) is 4.85. The van der Waals surface area contributed by atoms with Crippen molar-refractivity contribution in [1.82, 2.24) is 5.32 Å². The van der Waals surface area contributed by atoms with Crippen LogP contribution in [0.1, 0.15) is 36.5 Å². The summed E-state index contributed by atoms with van der Waals surface area (Å²) in [7, 11) is 0. The van der Waals surface area contributed by atoms with Crippen molar-refractivity contribution in [3.8, 4) is 0 Å². The summed E-state index contributed by atoms with van der Waals surface area (Å²) in [5, 5.41) is 12.5. The molecule has 1 aliphatic rings. The molecule has 0 saturated heterocycles. The van der Waals surface area contributed by atoms with Gasteiger partial charge in [-0.2, -0.15) is 0 Å². The Morgan fingerprint density at radius 1 is 1.29 bits per heavy atom.